The number of phenols is 1. The number of nitrogens with zero attached hydrogens (tertiary/aromatic N) is 1. The standard InChI is InChI=1S/C28H47N3O5S/c1-17(2)11-12-19(4)31(25(34)21(16-37)29-26(35)36-28(8,9)10)23(24(33)30-27(5,6)7)20-13-14-22(32)18(3)15-20/h13-15,17,19,21,23,32,37H,11-12,16H2,1-10H3,(H,29,35)(H,30,33). The van der Waals surface area contributed by atoms with Gasteiger partial charge in [0.2, 0.25) is 11.8 Å². The number of carbonyl (C=O) groups excluding carboxylic acids is 3. The van der Waals surface area contributed by atoms with Crippen LogP contribution in [0.3, 0.4) is 0 Å². The second kappa shape index (κ2) is 13.4. The number of aromatic hydroxyl groups is 1. The van der Waals surface area contributed by atoms with Crippen molar-refractivity contribution in [1.82, 2.24) is 15.5 Å². The van der Waals surface area contributed by atoms with Crippen LogP contribution in [-0.4, -0.2) is 56.9 Å². The number of aryl methyl sites for hydroxylation is 1. The molecule has 0 aliphatic carbocycles. The van der Waals surface area contributed by atoms with Crippen molar-refractivity contribution in [2.45, 2.75) is 111 Å². The van der Waals surface area contributed by atoms with E-state index < -0.39 is 35.2 Å². The van der Waals surface area contributed by atoms with Gasteiger partial charge in [-0.1, -0.05) is 19.9 Å². The van der Waals surface area contributed by atoms with Gasteiger partial charge in [0.1, 0.15) is 23.4 Å². The van der Waals surface area contributed by atoms with Gasteiger partial charge in [0.25, 0.3) is 0 Å². The molecule has 9 heteroatoms. The summed E-state index contributed by atoms with van der Waals surface area (Å²) in [5.74, 6) is -0.260. The summed E-state index contributed by atoms with van der Waals surface area (Å²) in [4.78, 5) is 41.9. The third-order valence-electron chi connectivity index (χ3n) is 5.62. The van der Waals surface area contributed by atoms with Gasteiger partial charge in [-0.2, -0.15) is 12.6 Å². The lowest BCUT2D eigenvalue weighted by molar-refractivity contribution is -0.145. The summed E-state index contributed by atoms with van der Waals surface area (Å²) in [7, 11) is 0. The Kier molecular flexibility index (Phi) is 11.8. The maximum Gasteiger partial charge on any atom is 0.408 e. The number of benzene rings is 1. The first-order chi connectivity index (χ1) is 16.9. The van der Waals surface area contributed by atoms with Crippen molar-refractivity contribution in [2.24, 2.45) is 5.92 Å². The van der Waals surface area contributed by atoms with Crippen LogP contribution in [0.25, 0.3) is 0 Å². The first-order valence-corrected chi connectivity index (χ1v) is 13.5. The number of alkyl carbamates (subject to hydrolysis) is 1. The third-order valence-corrected chi connectivity index (χ3v) is 5.99. The van der Waals surface area contributed by atoms with Gasteiger partial charge in [0.05, 0.1) is 0 Å². The lowest BCUT2D eigenvalue weighted by Gasteiger charge is -2.39. The number of ether oxygens (including phenoxy) is 1. The zero-order valence-electron chi connectivity index (χ0n) is 24.1. The van der Waals surface area contributed by atoms with Crippen molar-refractivity contribution < 1.29 is 24.2 Å². The minimum Gasteiger partial charge on any atom is -0.508 e. The molecule has 3 unspecified atom stereocenters. The normalized spacial score (nSPS) is 14.5. The molecule has 3 N–H and O–H groups in total. The molecule has 0 fully saturated rings. The predicted octanol–water partition coefficient (Wildman–Crippen LogP) is 5.13. The SMILES string of the molecule is Cc1cc(C(C(=O)NC(C)(C)C)N(C(=O)C(CS)NC(=O)OC(C)(C)C)C(C)CCC(C)C)ccc1O. The fourth-order valence-corrected chi connectivity index (χ4v) is 4.10. The molecule has 1 aromatic rings. The number of hydrogen-bond acceptors (Lipinski definition) is 6. The van der Waals surface area contributed by atoms with Crippen LogP contribution in [0, 0.1) is 12.8 Å². The molecule has 3 amide bonds. The van der Waals surface area contributed by atoms with Crippen LogP contribution >= 0.6 is 12.6 Å². The van der Waals surface area contributed by atoms with Crippen LogP contribution in [0.1, 0.15) is 92.3 Å². The average molecular weight is 538 g/mol. The number of carbonyl (C=O) groups is 3. The summed E-state index contributed by atoms with van der Waals surface area (Å²) < 4.78 is 5.36. The first kappa shape index (κ1) is 32.6. The van der Waals surface area contributed by atoms with Crippen molar-refractivity contribution in [1.29, 1.82) is 0 Å². The molecule has 0 saturated heterocycles. The topological polar surface area (TPSA) is 108 Å². The second-order valence-corrected chi connectivity index (χ2v) is 12.5. The van der Waals surface area contributed by atoms with Crippen LogP contribution < -0.4 is 10.6 Å². The van der Waals surface area contributed by atoms with E-state index in [2.05, 4.69) is 37.1 Å². The molecule has 1 aromatic carbocycles. The van der Waals surface area contributed by atoms with E-state index in [-0.39, 0.29) is 23.5 Å². The van der Waals surface area contributed by atoms with Gasteiger partial charge in [-0.25, -0.2) is 4.79 Å². The van der Waals surface area contributed by atoms with Crippen LogP contribution in [-0.2, 0) is 14.3 Å². The van der Waals surface area contributed by atoms with Crippen molar-refractivity contribution in [2.75, 3.05) is 5.75 Å². The molecular weight excluding hydrogens is 490 g/mol. The molecule has 0 bridgehead atoms. The Morgan fingerprint density at radius 1 is 1.05 bits per heavy atom. The highest BCUT2D eigenvalue weighted by Crippen LogP contribution is 2.30. The van der Waals surface area contributed by atoms with Crippen molar-refractivity contribution in [3.05, 3.63) is 29.3 Å². The molecule has 0 saturated carbocycles. The maximum atomic E-state index is 14.1. The summed E-state index contributed by atoms with van der Waals surface area (Å²) in [6, 6.07) is 2.57. The fraction of sp³-hybridized carbons (Fsp3) is 0.679. The number of nitrogens with one attached hydrogen (secondary N) is 2. The third kappa shape index (κ3) is 10.8. The van der Waals surface area contributed by atoms with E-state index in [9.17, 15) is 19.5 Å². The van der Waals surface area contributed by atoms with Gasteiger partial charge in [-0.15, -0.1) is 0 Å². The predicted molar refractivity (Wildman–Crippen MR) is 151 cm³/mol. The van der Waals surface area contributed by atoms with Gasteiger partial charge in [-0.3, -0.25) is 9.59 Å². The molecule has 0 aliphatic heterocycles. The van der Waals surface area contributed by atoms with Crippen molar-refractivity contribution in [3.8, 4) is 5.75 Å². The maximum absolute atomic E-state index is 14.1. The molecule has 37 heavy (non-hydrogen) atoms. The van der Waals surface area contributed by atoms with E-state index >= 15 is 0 Å². The monoisotopic (exact) mass is 537 g/mol. The molecule has 0 heterocycles. The number of thiol groups is 1. The van der Waals surface area contributed by atoms with E-state index in [1.165, 1.54) is 6.07 Å². The number of amides is 3. The van der Waals surface area contributed by atoms with Gasteiger partial charge >= 0.3 is 6.09 Å². The Balaban J connectivity index is 3.61. The van der Waals surface area contributed by atoms with Crippen LogP contribution in [0.15, 0.2) is 18.2 Å². The van der Waals surface area contributed by atoms with Gasteiger partial charge in [-0.05, 0) is 97.4 Å². The molecule has 0 aliphatic rings. The molecule has 0 spiro atoms. The molecule has 210 valence electrons. The van der Waals surface area contributed by atoms with E-state index in [4.69, 9.17) is 4.74 Å². The van der Waals surface area contributed by atoms with Gasteiger partial charge in [0, 0.05) is 17.3 Å². The summed E-state index contributed by atoms with van der Waals surface area (Å²) in [6.07, 6.45) is 0.773. The molecule has 0 aromatic heterocycles. The van der Waals surface area contributed by atoms with Crippen molar-refractivity contribution >= 4 is 30.5 Å². The zero-order valence-corrected chi connectivity index (χ0v) is 25.0. The van der Waals surface area contributed by atoms with Crippen LogP contribution in [0.5, 0.6) is 5.75 Å². The number of rotatable bonds is 10. The highest BCUT2D eigenvalue weighted by Gasteiger charge is 2.39. The Bertz CT molecular complexity index is 937. The van der Waals surface area contributed by atoms with Gasteiger partial charge < -0.3 is 25.4 Å². The van der Waals surface area contributed by atoms with E-state index in [1.807, 2.05) is 27.7 Å². The molecule has 1 rings (SSSR count). The molecular formula is C28H47N3O5S. The summed E-state index contributed by atoms with van der Waals surface area (Å²) in [6.45, 7) is 18.7. The smallest absolute Gasteiger partial charge is 0.408 e. The average Bonchev–Trinajstić information content (AvgIpc) is 2.73. The second-order valence-electron chi connectivity index (χ2n) is 12.1. The van der Waals surface area contributed by atoms with Gasteiger partial charge in [0.15, 0.2) is 0 Å². The van der Waals surface area contributed by atoms with Crippen LogP contribution in [0.2, 0.25) is 0 Å². The minimum atomic E-state index is -1.01. The summed E-state index contributed by atoms with van der Waals surface area (Å²) >= 11 is 4.34. The number of hydrogen-bond donors (Lipinski definition) is 4. The summed E-state index contributed by atoms with van der Waals surface area (Å²) in [5.41, 5.74) is -0.130. The lowest BCUT2D eigenvalue weighted by atomic mass is 9.95. The first-order valence-electron chi connectivity index (χ1n) is 12.9. The molecule has 0 radical (unpaired) electrons. The van der Waals surface area contributed by atoms with E-state index in [0.29, 0.717) is 23.5 Å². The number of phenolic OH excluding ortho intramolecular Hbond substituents is 1. The Labute approximate surface area is 228 Å². The Hall–Kier alpha value is -2.42. The van der Waals surface area contributed by atoms with E-state index in [1.54, 1.807) is 44.7 Å². The zero-order chi connectivity index (χ0) is 28.7. The van der Waals surface area contributed by atoms with Crippen molar-refractivity contribution in [3.63, 3.8) is 0 Å². The fourth-order valence-electron chi connectivity index (χ4n) is 3.85. The highest BCUT2D eigenvalue weighted by atomic mass is 32.1. The largest absolute Gasteiger partial charge is 0.508 e. The Morgan fingerprint density at radius 3 is 2.11 bits per heavy atom. The quantitative estimate of drug-likeness (QED) is 0.309. The van der Waals surface area contributed by atoms with E-state index in [0.717, 1.165) is 6.42 Å². The summed E-state index contributed by atoms with van der Waals surface area (Å²) in [5, 5.41) is 15.8. The van der Waals surface area contributed by atoms with Crippen LogP contribution in [0.4, 0.5) is 4.79 Å². The Morgan fingerprint density at radius 2 is 1.65 bits per heavy atom. The highest BCUT2D eigenvalue weighted by molar-refractivity contribution is 7.80. The lowest BCUT2D eigenvalue weighted by Crippen LogP contribution is -2.57. The minimum absolute atomic E-state index is 0.0215. The molecule has 3 atom stereocenters. The molecule has 8 nitrogen and oxygen atoms in total.